The molecular formula is C24H25N3O2. The molecule has 0 saturated carbocycles. The average Bonchev–Trinajstić information content (AvgIpc) is 3.23. The Balaban J connectivity index is 1.41. The van der Waals surface area contributed by atoms with Gasteiger partial charge in [-0.1, -0.05) is 30.3 Å². The van der Waals surface area contributed by atoms with Gasteiger partial charge in [0.1, 0.15) is 5.75 Å². The fourth-order valence-corrected chi connectivity index (χ4v) is 3.91. The molecule has 1 saturated heterocycles. The molecule has 29 heavy (non-hydrogen) atoms. The van der Waals surface area contributed by atoms with Gasteiger partial charge in [0.05, 0.1) is 11.9 Å². The van der Waals surface area contributed by atoms with Crippen molar-refractivity contribution < 1.29 is 9.90 Å². The van der Waals surface area contributed by atoms with Crippen LogP contribution >= 0.6 is 0 Å². The van der Waals surface area contributed by atoms with Gasteiger partial charge in [0, 0.05) is 43.5 Å². The van der Waals surface area contributed by atoms with Crippen LogP contribution in [0.1, 0.15) is 16.8 Å². The molecule has 0 spiro atoms. The average molecular weight is 387 g/mol. The minimum Gasteiger partial charge on any atom is -0.506 e. The van der Waals surface area contributed by atoms with Crippen molar-refractivity contribution in [1.82, 2.24) is 9.88 Å². The van der Waals surface area contributed by atoms with Gasteiger partial charge in [0.15, 0.2) is 0 Å². The van der Waals surface area contributed by atoms with Gasteiger partial charge < -0.3 is 14.9 Å². The third-order valence-electron chi connectivity index (χ3n) is 5.44. The minimum atomic E-state index is 0.0174. The van der Waals surface area contributed by atoms with E-state index in [1.807, 2.05) is 42.3 Å². The zero-order chi connectivity index (χ0) is 20.2. The first-order valence-electron chi connectivity index (χ1n) is 9.91. The Hall–Kier alpha value is -3.34. The third-order valence-corrected chi connectivity index (χ3v) is 5.44. The monoisotopic (exact) mass is 387 g/mol. The summed E-state index contributed by atoms with van der Waals surface area (Å²) in [6.45, 7) is 2.74. The van der Waals surface area contributed by atoms with E-state index in [2.05, 4.69) is 34.1 Å². The largest absolute Gasteiger partial charge is 0.506 e. The lowest BCUT2D eigenvalue weighted by Crippen LogP contribution is -2.33. The SMILES string of the molecule is CN(C[C@@H]1CCN(c2ccccc2)C1)C(=O)c1cccc(-c2ccc(O)cn2)c1. The highest BCUT2D eigenvalue weighted by molar-refractivity contribution is 5.95. The summed E-state index contributed by atoms with van der Waals surface area (Å²) in [5.74, 6) is 0.608. The van der Waals surface area contributed by atoms with Crippen molar-refractivity contribution in [3.63, 3.8) is 0 Å². The Bertz CT molecular complexity index is 973. The molecule has 5 heteroatoms. The van der Waals surface area contributed by atoms with Crippen LogP contribution in [0.4, 0.5) is 5.69 Å². The van der Waals surface area contributed by atoms with Crippen LogP contribution in [0.3, 0.4) is 0 Å². The number of hydrogen-bond acceptors (Lipinski definition) is 4. The standard InChI is InChI=1S/C24H25N3O2/c1-26(16-18-12-13-27(17-18)21-8-3-2-4-9-21)24(29)20-7-5-6-19(14-20)23-11-10-22(28)15-25-23/h2-11,14-15,18,28H,12-13,16-17H2,1H3/t18-/m0/s1. The molecule has 1 aliphatic rings. The predicted octanol–water partition coefficient (Wildman–Crippen LogP) is 4.05. The Kier molecular flexibility index (Phi) is 5.47. The molecule has 0 bridgehead atoms. The molecular weight excluding hydrogens is 362 g/mol. The maximum atomic E-state index is 13.0. The molecule has 1 N–H and O–H groups in total. The minimum absolute atomic E-state index is 0.0174. The fourth-order valence-electron chi connectivity index (χ4n) is 3.91. The van der Waals surface area contributed by atoms with Crippen LogP contribution in [0, 0.1) is 5.92 Å². The van der Waals surface area contributed by atoms with E-state index in [1.54, 1.807) is 12.1 Å². The summed E-state index contributed by atoms with van der Waals surface area (Å²) >= 11 is 0. The first-order valence-corrected chi connectivity index (χ1v) is 9.91. The number of aromatic nitrogens is 1. The van der Waals surface area contributed by atoms with Crippen LogP contribution in [-0.4, -0.2) is 47.6 Å². The first-order chi connectivity index (χ1) is 14.1. The summed E-state index contributed by atoms with van der Waals surface area (Å²) in [7, 11) is 1.87. The van der Waals surface area contributed by atoms with Crippen LogP contribution in [-0.2, 0) is 0 Å². The molecule has 2 heterocycles. The zero-order valence-electron chi connectivity index (χ0n) is 16.5. The summed E-state index contributed by atoms with van der Waals surface area (Å²) in [5, 5.41) is 9.42. The quantitative estimate of drug-likeness (QED) is 0.718. The lowest BCUT2D eigenvalue weighted by Gasteiger charge is -2.23. The number of carbonyl (C=O) groups excluding carboxylic acids is 1. The van der Waals surface area contributed by atoms with Gasteiger partial charge in [-0.05, 0) is 48.7 Å². The third kappa shape index (κ3) is 4.40. The number of nitrogens with zero attached hydrogens (tertiary/aromatic N) is 3. The van der Waals surface area contributed by atoms with Gasteiger partial charge in [0.25, 0.3) is 5.91 Å². The van der Waals surface area contributed by atoms with Gasteiger partial charge >= 0.3 is 0 Å². The zero-order valence-corrected chi connectivity index (χ0v) is 16.5. The number of hydrogen-bond donors (Lipinski definition) is 1. The van der Waals surface area contributed by atoms with Crippen LogP contribution in [0.25, 0.3) is 11.3 Å². The summed E-state index contributed by atoms with van der Waals surface area (Å²) in [6, 6.07) is 21.3. The normalized spacial score (nSPS) is 16.0. The Morgan fingerprint density at radius 2 is 1.97 bits per heavy atom. The summed E-state index contributed by atoms with van der Waals surface area (Å²) in [5.41, 5.74) is 3.49. The summed E-state index contributed by atoms with van der Waals surface area (Å²) < 4.78 is 0. The fraction of sp³-hybridized carbons (Fsp3) is 0.250. The van der Waals surface area contributed by atoms with Crippen molar-refractivity contribution in [2.75, 3.05) is 31.6 Å². The second-order valence-corrected chi connectivity index (χ2v) is 7.60. The molecule has 0 unspecified atom stereocenters. The molecule has 0 radical (unpaired) electrons. The van der Waals surface area contributed by atoms with E-state index in [4.69, 9.17) is 0 Å². The van der Waals surface area contributed by atoms with Crippen LogP contribution in [0.2, 0.25) is 0 Å². The van der Waals surface area contributed by atoms with Crippen molar-refractivity contribution in [2.24, 2.45) is 5.92 Å². The molecule has 3 aromatic rings. The van der Waals surface area contributed by atoms with E-state index in [0.717, 1.165) is 37.3 Å². The maximum Gasteiger partial charge on any atom is 0.253 e. The van der Waals surface area contributed by atoms with Crippen molar-refractivity contribution in [1.29, 1.82) is 0 Å². The van der Waals surface area contributed by atoms with Crippen LogP contribution in [0.5, 0.6) is 5.75 Å². The van der Waals surface area contributed by atoms with E-state index in [1.165, 1.54) is 11.9 Å². The molecule has 1 aromatic heterocycles. The topological polar surface area (TPSA) is 56.7 Å². The number of rotatable bonds is 5. The second kappa shape index (κ2) is 8.35. The van der Waals surface area contributed by atoms with E-state index in [-0.39, 0.29) is 11.7 Å². The lowest BCUT2D eigenvalue weighted by atomic mass is 10.1. The molecule has 5 nitrogen and oxygen atoms in total. The van der Waals surface area contributed by atoms with E-state index in [9.17, 15) is 9.90 Å². The van der Waals surface area contributed by atoms with Crippen molar-refractivity contribution in [2.45, 2.75) is 6.42 Å². The molecule has 0 aliphatic carbocycles. The van der Waals surface area contributed by atoms with Gasteiger partial charge in [-0.25, -0.2) is 0 Å². The number of para-hydroxylation sites is 1. The highest BCUT2D eigenvalue weighted by Gasteiger charge is 2.25. The van der Waals surface area contributed by atoms with Crippen molar-refractivity contribution in [3.8, 4) is 17.0 Å². The van der Waals surface area contributed by atoms with Crippen LogP contribution in [0.15, 0.2) is 72.9 Å². The predicted molar refractivity (Wildman–Crippen MR) is 115 cm³/mol. The van der Waals surface area contributed by atoms with Crippen molar-refractivity contribution in [3.05, 3.63) is 78.5 Å². The van der Waals surface area contributed by atoms with Gasteiger partial charge in [0.2, 0.25) is 0 Å². The molecule has 148 valence electrons. The molecule has 4 rings (SSSR count). The number of anilines is 1. The number of amides is 1. The summed E-state index contributed by atoms with van der Waals surface area (Å²) in [6.07, 6.45) is 2.50. The smallest absolute Gasteiger partial charge is 0.253 e. The van der Waals surface area contributed by atoms with Crippen molar-refractivity contribution >= 4 is 11.6 Å². The van der Waals surface area contributed by atoms with E-state index < -0.39 is 0 Å². The Morgan fingerprint density at radius 3 is 2.72 bits per heavy atom. The maximum absolute atomic E-state index is 13.0. The number of benzene rings is 2. The number of pyridine rings is 1. The highest BCUT2D eigenvalue weighted by atomic mass is 16.3. The molecule has 1 atom stereocenters. The summed E-state index contributed by atoms with van der Waals surface area (Å²) in [4.78, 5) is 21.4. The highest BCUT2D eigenvalue weighted by Crippen LogP contribution is 2.25. The van der Waals surface area contributed by atoms with Gasteiger partial charge in [-0.2, -0.15) is 0 Å². The van der Waals surface area contributed by atoms with Gasteiger partial charge in [-0.15, -0.1) is 0 Å². The number of carbonyl (C=O) groups is 1. The Labute approximate surface area is 171 Å². The van der Waals surface area contributed by atoms with E-state index in [0.29, 0.717) is 11.5 Å². The molecule has 1 aliphatic heterocycles. The lowest BCUT2D eigenvalue weighted by molar-refractivity contribution is 0.0776. The second-order valence-electron chi connectivity index (χ2n) is 7.60. The number of aromatic hydroxyl groups is 1. The molecule has 1 fully saturated rings. The molecule has 2 aromatic carbocycles. The molecule has 1 amide bonds. The first kappa shape index (κ1) is 19.0. The van der Waals surface area contributed by atoms with Crippen LogP contribution < -0.4 is 4.90 Å². The van der Waals surface area contributed by atoms with E-state index >= 15 is 0 Å². The van der Waals surface area contributed by atoms with Gasteiger partial charge in [-0.3, -0.25) is 9.78 Å². The Morgan fingerprint density at radius 1 is 1.14 bits per heavy atom.